The summed E-state index contributed by atoms with van der Waals surface area (Å²) in [5.74, 6) is 0.880. The van der Waals surface area contributed by atoms with Crippen molar-refractivity contribution in [3.05, 3.63) is 55.6 Å². The van der Waals surface area contributed by atoms with Crippen LogP contribution in [0.3, 0.4) is 0 Å². The van der Waals surface area contributed by atoms with Crippen molar-refractivity contribution >= 4 is 27.5 Å². The van der Waals surface area contributed by atoms with E-state index in [0.29, 0.717) is 13.2 Å². The first-order chi connectivity index (χ1) is 9.13. The molecule has 0 saturated carbocycles. The first kappa shape index (κ1) is 12.7. The van der Waals surface area contributed by atoms with E-state index in [0.717, 1.165) is 22.2 Å². The van der Waals surface area contributed by atoms with Crippen LogP contribution >= 0.6 is 27.5 Å². The Labute approximate surface area is 123 Å². The molecule has 0 bridgehead atoms. The molecule has 0 unspecified atom stereocenters. The third kappa shape index (κ3) is 2.53. The van der Waals surface area contributed by atoms with E-state index in [1.54, 1.807) is 0 Å². The van der Waals surface area contributed by atoms with Crippen molar-refractivity contribution in [1.29, 1.82) is 0 Å². The number of aromatic nitrogens is 2. The molecule has 0 saturated heterocycles. The van der Waals surface area contributed by atoms with Crippen LogP contribution in [-0.4, -0.2) is 16.2 Å². The zero-order valence-electron chi connectivity index (χ0n) is 9.90. The molecule has 0 aliphatic carbocycles. The highest BCUT2D eigenvalue weighted by atomic mass is 79.9. The topological polar surface area (TPSA) is 44.1 Å². The fourth-order valence-corrected chi connectivity index (χ4v) is 2.86. The van der Waals surface area contributed by atoms with Crippen LogP contribution in [0.5, 0.6) is 5.75 Å². The Bertz CT molecular complexity index is 700. The van der Waals surface area contributed by atoms with Gasteiger partial charge in [0.2, 0.25) is 0 Å². The van der Waals surface area contributed by atoms with Crippen LogP contribution in [0.4, 0.5) is 0 Å². The molecule has 3 rings (SSSR count). The fraction of sp³-hybridized carbons (Fsp3) is 0.231. The van der Waals surface area contributed by atoms with E-state index in [-0.39, 0.29) is 10.7 Å². The zero-order chi connectivity index (χ0) is 13.4. The number of rotatable bonds is 2. The largest absolute Gasteiger partial charge is 0.493 e. The van der Waals surface area contributed by atoms with Crippen LogP contribution in [0.2, 0.25) is 5.15 Å². The molecule has 0 fully saturated rings. The van der Waals surface area contributed by atoms with E-state index in [2.05, 4.69) is 27.0 Å². The van der Waals surface area contributed by atoms with Crippen molar-refractivity contribution in [1.82, 2.24) is 9.55 Å². The first-order valence-electron chi connectivity index (χ1n) is 5.79. The average molecular weight is 342 g/mol. The Balaban J connectivity index is 2.02. The van der Waals surface area contributed by atoms with Gasteiger partial charge in [-0.1, -0.05) is 27.5 Å². The minimum atomic E-state index is -0.174. The number of fused-ring (bicyclic) bond motifs is 1. The zero-order valence-corrected chi connectivity index (χ0v) is 12.2. The Morgan fingerprint density at radius 1 is 1.42 bits per heavy atom. The van der Waals surface area contributed by atoms with Crippen molar-refractivity contribution in [2.24, 2.45) is 0 Å². The van der Waals surface area contributed by atoms with Crippen molar-refractivity contribution in [3.63, 3.8) is 0 Å². The molecule has 6 heteroatoms. The molecule has 2 heterocycles. The molecular weight excluding hydrogens is 332 g/mol. The quantitative estimate of drug-likeness (QED) is 0.789. The summed E-state index contributed by atoms with van der Waals surface area (Å²) < 4.78 is 8.13. The predicted octanol–water partition coefficient (Wildman–Crippen LogP) is 2.64. The molecule has 0 spiro atoms. The molecule has 4 nitrogen and oxygen atoms in total. The summed E-state index contributed by atoms with van der Waals surface area (Å²) in [5.41, 5.74) is 1.96. The second kappa shape index (κ2) is 4.98. The molecule has 2 aromatic rings. The second-order valence-corrected chi connectivity index (χ2v) is 5.63. The van der Waals surface area contributed by atoms with Crippen molar-refractivity contribution in [2.75, 3.05) is 6.61 Å². The summed E-state index contributed by atoms with van der Waals surface area (Å²) in [6.07, 6.45) is 2.35. The van der Waals surface area contributed by atoms with Crippen LogP contribution in [-0.2, 0) is 13.0 Å². The average Bonchev–Trinajstić information content (AvgIpc) is 2.80. The van der Waals surface area contributed by atoms with Gasteiger partial charge < -0.3 is 4.74 Å². The summed E-state index contributed by atoms with van der Waals surface area (Å²) in [6.45, 7) is 1.11. The van der Waals surface area contributed by atoms with Crippen molar-refractivity contribution < 1.29 is 4.74 Å². The highest BCUT2D eigenvalue weighted by Gasteiger charge is 2.17. The van der Waals surface area contributed by atoms with E-state index >= 15 is 0 Å². The van der Waals surface area contributed by atoms with Crippen LogP contribution in [0.1, 0.15) is 11.1 Å². The highest BCUT2D eigenvalue weighted by molar-refractivity contribution is 9.10. The molecule has 0 atom stereocenters. The Morgan fingerprint density at radius 2 is 2.26 bits per heavy atom. The van der Waals surface area contributed by atoms with E-state index in [9.17, 15) is 4.79 Å². The van der Waals surface area contributed by atoms with Crippen LogP contribution < -0.4 is 10.3 Å². The molecule has 98 valence electrons. The summed E-state index contributed by atoms with van der Waals surface area (Å²) in [7, 11) is 0. The summed E-state index contributed by atoms with van der Waals surface area (Å²) in [6, 6.07) is 5.32. The number of nitrogens with zero attached hydrogens (tertiary/aromatic N) is 2. The first-order valence-corrected chi connectivity index (χ1v) is 6.96. The third-order valence-corrected chi connectivity index (χ3v) is 3.68. The molecule has 0 N–H and O–H groups in total. The Morgan fingerprint density at radius 3 is 3.05 bits per heavy atom. The third-order valence-electron chi connectivity index (χ3n) is 3.01. The van der Waals surface area contributed by atoms with Gasteiger partial charge in [0.25, 0.3) is 5.56 Å². The summed E-state index contributed by atoms with van der Waals surface area (Å²) in [4.78, 5) is 15.7. The SMILES string of the molecule is O=c1cc(Cl)ncn1Cc1cc(Br)cc2c1OCC2. The standard InChI is InChI=1S/C13H10BrClN2O2/c14-10-3-8-1-2-19-13(8)9(4-10)6-17-7-16-11(15)5-12(17)18/h3-5,7H,1-2,6H2. The van der Waals surface area contributed by atoms with Gasteiger partial charge in [0.05, 0.1) is 19.5 Å². The normalized spacial score (nSPS) is 13.2. The minimum Gasteiger partial charge on any atom is -0.493 e. The van der Waals surface area contributed by atoms with Gasteiger partial charge in [-0.25, -0.2) is 4.98 Å². The van der Waals surface area contributed by atoms with Crippen LogP contribution in [0, 0.1) is 0 Å². The lowest BCUT2D eigenvalue weighted by Gasteiger charge is -2.10. The molecule has 1 aromatic heterocycles. The van der Waals surface area contributed by atoms with Gasteiger partial charge in [0.1, 0.15) is 10.9 Å². The summed E-state index contributed by atoms with van der Waals surface area (Å²) >= 11 is 9.16. The van der Waals surface area contributed by atoms with Gasteiger partial charge in [-0.15, -0.1) is 0 Å². The predicted molar refractivity (Wildman–Crippen MR) is 76.0 cm³/mol. The van der Waals surface area contributed by atoms with E-state index in [4.69, 9.17) is 16.3 Å². The van der Waals surface area contributed by atoms with Gasteiger partial charge in [-0.2, -0.15) is 0 Å². The molecule has 0 amide bonds. The van der Waals surface area contributed by atoms with Gasteiger partial charge in [-0.3, -0.25) is 9.36 Å². The number of benzene rings is 1. The van der Waals surface area contributed by atoms with Gasteiger partial charge >= 0.3 is 0 Å². The Kier molecular flexibility index (Phi) is 3.33. The monoisotopic (exact) mass is 340 g/mol. The lowest BCUT2D eigenvalue weighted by molar-refractivity contribution is 0.352. The maximum absolute atomic E-state index is 11.8. The molecule has 1 aromatic carbocycles. The summed E-state index contributed by atoms with van der Waals surface area (Å²) in [5, 5.41) is 0.206. The van der Waals surface area contributed by atoms with Gasteiger partial charge in [0.15, 0.2) is 0 Å². The lowest BCUT2D eigenvalue weighted by Crippen LogP contribution is -2.20. The number of ether oxygens (including phenoxy) is 1. The van der Waals surface area contributed by atoms with Crippen molar-refractivity contribution in [3.8, 4) is 5.75 Å². The smallest absolute Gasteiger partial charge is 0.255 e. The molecule has 1 aliphatic rings. The molecular formula is C13H10BrClN2O2. The number of halogens is 2. The maximum Gasteiger partial charge on any atom is 0.255 e. The van der Waals surface area contributed by atoms with Gasteiger partial charge in [-0.05, 0) is 17.7 Å². The maximum atomic E-state index is 11.8. The van der Waals surface area contributed by atoms with Crippen molar-refractivity contribution in [2.45, 2.75) is 13.0 Å². The number of hydrogen-bond acceptors (Lipinski definition) is 3. The van der Waals surface area contributed by atoms with E-state index in [1.165, 1.54) is 22.5 Å². The minimum absolute atomic E-state index is 0.174. The highest BCUT2D eigenvalue weighted by Crippen LogP contribution is 2.33. The molecule has 0 radical (unpaired) electrons. The number of hydrogen-bond donors (Lipinski definition) is 0. The van der Waals surface area contributed by atoms with E-state index in [1.807, 2.05) is 6.07 Å². The lowest BCUT2D eigenvalue weighted by atomic mass is 10.1. The molecule has 1 aliphatic heterocycles. The van der Waals surface area contributed by atoms with E-state index < -0.39 is 0 Å². The second-order valence-electron chi connectivity index (χ2n) is 4.33. The van der Waals surface area contributed by atoms with Crippen LogP contribution in [0.15, 0.2) is 33.8 Å². The molecule has 19 heavy (non-hydrogen) atoms. The van der Waals surface area contributed by atoms with Gasteiger partial charge in [0, 0.05) is 22.5 Å². The Hall–Kier alpha value is -1.33. The fourth-order valence-electron chi connectivity index (χ4n) is 2.17. The van der Waals surface area contributed by atoms with Crippen LogP contribution in [0.25, 0.3) is 0 Å².